The summed E-state index contributed by atoms with van der Waals surface area (Å²) < 4.78 is 6.51. The van der Waals surface area contributed by atoms with Gasteiger partial charge in [-0.2, -0.15) is 0 Å². The number of hydrogen-bond acceptors (Lipinski definition) is 2. The van der Waals surface area contributed by atoms with E-state index in [0.717, 1.165) is 32.2 Å². The van der Waals surface area contributed by atoms with Gasteiger partial charge in [0.25, 0.3) is 5.91 Å². The summed E-state index contributed by atoms with van der Waals surface area (Å²) in [7, 11) is -1.95. The largest absolute Gasteiger partial charge is 0.403 e. The zero-order valence-electron chi connectivity index (χ0n) is 14.9. The van der Waals surface area contributed by atoms with Crippen molar-refractivity contribution in [2.24, 2.45) is 0 Å². The minimum absolute atomic E-state index is 0.0702. The number of nitrogens with one attached hydrogen (secondary N) is 1. The van der Waals surface area contributed by atoms with Crippen molar-refractivity contribution in [1.29, 1.82) is 0 Å². The van der Waals surface area contributed by atoms with Gasteiger partial charge in [-0.3, -0.25) is 4.79 Å². The number of hydrogen-bond donors (Lipinski definition) is 1. The predicted octanol–water partition coefficient (Wildman–Crippen LogP) is 4.48. The molecular weight excluding hydrogens is 266 g/mol. The number of carbonyl (C=O) groups is 1. The fraction of sp³-hybridized carbons (Fsp3) is 0.938. The van der Waals surface area contributed by atoms with Gasteiger partial charge in [0.15, 0.2) is 8.32 Å². The quantitative estimate of drug-likeness (QED) is 0.530. The lowest BCUT2D eigenvalue weighted by molar-refractivity contribution is -0.138. The van der Waals surface area contributed by atoms with Crippen LogP contribution in [0.15, 0.2) is 0 Å². The van der Waals surface area contributed by atoms with E-state index in [0.29, 0.717) is 0 Å². The molecule has 0 aliphatic carbocycles. The van der Waals surface area contributed by atoms with Crippen molar-refractivity contribution in [2.75, 3.05) is 6.54 Å². The average molecular weight is 302 g/mol. The molecule has 0 fully saturated rings. The van der Waals surface area contributed by atoms with Gasteiger partial charge >= 0.3 is 0 Å². The van der Waals surface area contributed by atoms with Gasteiger partial charge in [-0.1, -0.05) is 48.0 Å². The highest BCUT2D eigenvalue weighted by Crippen LogP contribution is 2.40. The summed E-state index contributed by atoms with van der Waals surface area (Å²) in [5.74, 6) is 0.0702. The van der Waals surface area contributed by atoms with Crippen molar-refractivity contribution in [1.82, 2.24) is 5.32 Å². The van der Waals surface area contributed by atoms with Gasteiger partial charge in [0.1, 0.15) is 5.60 Å². The van der Waals surface area contributed by atoms with Crippen LogP contribution < -0.4 is 5.32 Å². The van der Waals surface area contributed by atoms with Crippen molar-refractivity contribution in [3.8, 4) is 0 Å². The van der Waals surface area contributed by atoms with Crippen LogP contribution >= 0.6 is 0 Å². The topological polar surface area (TPSA) is 38.3 Å². The second-order valence-electron chi connectivity index (χ2n) is 7.17. The third-order valence-corrected chi connectivity index (χ3v) is 9.14. The van der Waals surface area contributed by atoms with Crippen molar-refractivity contribution in [2.45, 2.75) is 91.0 Å². The Bertz CT molecular complexity index is 304. The zero-order chi connectivity index (χ0) is 16.0. The molecule has 0 heterocycles. The van der Waals surface area contributed by atoms with E-state index in [4.69, 9.17) is 4.43 Å². The molecule has 1 amide bonds. The summed E-state index contributed by atoms with van der Waals surface area (Å²) in [6.45, 7) is 18.0. The van der Waals surface area contributed by atoms with Crippen molar-refractivity contribution >= 4 is 14.2 Å². The monoisotopic (exact) mass is 301 g/mol. The maximum atomic E-state index is 12.6. The van der Waals surface area contributed by atoms with Gasteiger partial charge in [0.05, 0.1) is 0 Å². The van der Waals surface area contributed by atoms with Crippen LogP contribution in [0, 0.1) is 0 Å². The van der Waals surface area contributed by atoms with Crippen LogP contribution in [-0.2, 0) is 9.22 Å². The fourth-order valence-corrected chi connectivity index (χ4v) is 3.61. The first-order valence-electron chi connectivity index (χ1n) is 8.04. The molecule has 20 heavy (non-hydrogen) atoms. The van der Waals surface area contributed by atoms with Crippen LogP contribution in [-0.4, -0.2) is 26.4 Å². The van der Waals surface area contributed by atoms with E-state index >= 15 is 0 Å². The van der Waals surface area contributed by atoms with Crippen molar-refractivity contribution < 1.29 is 9.22 Å². The fourth-order valence-electron chi connectivity index (χ4n) is 1.94. The van der Waals surface area contributed by atoms with E-state index in [9.17, 15) is 4.79 Å². The number of unbranched alkanes of at least 4 members (excludes halogenated alkanes) is 1. The average Bonchev–Trinajstić information content (AvgIpc) is 2.34. The molecule has 0 aromatic heterocycles. The molecule has 0 aromatic rings. The minimum Gasteiger partial charge on any atom is -0.403 e. The van der Waals surface area contributed by atoms with E-state index in [-0.39, 0.29) is 10.9 Å². The van der Waals surface area contributed by atoms with Gasteiger partial charge in [0.2, 0.25) is 0 Å². The Morgan fingerprint density at radius 3 is 1.95 bits per heavy atom. The van der Waals surface area contributed by atoms with Crippen LogP contribution in [0.4, 0.5) is 0 Å². The smallest absolute Gasteiger partial charge is 0.251 e. The van der Waals surface area contributed by atoms with E-state index in [2.05, 4.69) is 60.0 Å². The highest BCUT2D eigenvalue weighted by atomic mass is 28.4. The molecule has 0 aliphatic rings. The molecule has 0 atom stereocenters. The highest BCUT2D eigenvalue weighted by molar-refractivity contribution is 6.74. The second-order valence-corrected chi connectivity index (χ2v) is 11.9. The molecule has 0 saturated heterocycles. The van der Waals surface area contributed by atoms with Crippen molar-refractivity contribution in [3.63, 3.8) is 0 Å². The molecule has 0 bridgehead atoms. The lowest BCUT2D eigenvalue weighted by Crippen LogP contribution is -2.56. The lowest BCUT2D eigenvalue weighted by Gasteiger charge is -2.44. The minimum atomic E-state index is -1.95. The normalized spacial score (nSPS) is 13.4. The second kappa shape index (κ2) is 7.60. The summed E-state index contributed by atoms with van der Waals surface area (Å²) >= 11 is 0. The molecule has 0 rings (SSSR count). The molecule has 0 saturated carbocycles. The van der Waals surface area contributed by atoms with Gasteiger partial charge in [-0.15, -0.1) is 0 Å². The Labute approximate surface area is 127 Å². The third-order valence-electron chi connectivity index (χ3n) is 4.63. The first-order valence-corrected chi connectivity index (χ1v) is 11.0. The van der Waals surface area contributed by atoms with Gasteiger partial charge in [0, 0.05) is 6.54 Å². The Morgan fingerprint density at radius 2 is 1.60 bits per heavy atom. The van der Waals surface area contributed by atoms with E-state index in [1.807, 2.05) is 0 Å². The molecule has 0 unspecified atom stereocenters. The Kier molecular flexibility index (Phi) is 7.46. The summed E-state index contributed by atoms with van der Waals surface area (Å²) in [6, 6.07) is 0. The van der Waals surface area contributed by atoms with Crippen LogP contribution in [0.3, 0.4) is 0 Å². The SMILES string of the molecule is CCCCNC(=O)C(CC)(CC)O[Si](C)(C)C(C)(C)C. The molecular formula is C16H35NO2Si. The molecule has 3 nitrogen and oxygen atoms in total. The standard InChI is InChI=1S/C16H35NO2Si/c1-9-12-13-17-14(18)16(10-2,11-3)19-20(7,8)15(4,5)6/h9-13H2,1-8H3,(H,17,18). The number of amides is 1. The molecule has 120 valence electrons. The maximum absolute atomic E-state index is 12.6. The Hall–Kier alpha value is -0.353. The number of carbonyl (C=O) groups excluding carboxylic acids is 1. The number of rotatable bonds is 8. The maximum Gasteiger partial charge on any atom is 0.251 e. The van der Waals surface area contributed by atoms with Crippen molar-refractivity contribution in [3.05, 3.63) is 0 Å². The lowest BCUT2D eigenvalue weighted by atomic mass is 9.96. The van der Waals surface area contributed by atoms with Crippen LogP contribution in [0.5, 0.6) is 0 Å². The Balaban J connectivity index is 5.06. The van der Waals surface area contributed by atoms with Gasteiger partial charge in [-0.05, 0) is 37.4 Å². The van der Waals surface area contributed by atoms with Crippen LogP contribution in [0.1, 0.15) is 67.2 Å². The van der Waals surface area contributed by atoms with Gasteiger partial charge < -0.3 is 9.74 Å². The Morgan fingerprint density at radius 1 is 1.10 bits per heavy atom. The molecule has 0 spiro atoms. The van der Waals surface area contributed by atoms with E-state index < -0.39 is 13.9 Å². The van der Waals surface area contributed by atoms with Gasteiger partial charge in [-0.25, -0.2) is 0 Å². The predicted molar refractivity (Wildman–Crippen MR) is 89.5 cm³/mol. The zero-order valence-corrected chi connectivity index (χ0v) is 15.9. The van der Waals surface area contributed by atoms with Crippen LogP contribution in [0.25, 0.3) is 0 Å². The summed E-state index contributed by atoms with van der Waals surface area (Å²) in [6.07, 6.45) is 3.58. The third kappa shape index (κ3) is 4.88. The molecule has 4 heteroatoms. The van der Waals surface area contributed by atoms with E-state index in [1.165, 1.54) is 0 Å². The first-order chi connectivity index (χ1) is 9.06. The molecule has 0 radical (unpaired) electrons. The highest BCUT2D eigenvalue weighted by Gasteiger charge is 2.46. The summed E-state index contributed by atoms with van der Waals surface area (Å²) in [5, 5.41) is 3.18. The molecule has 1 N–H and O–H groups in total. The molecule has 0 aliphatic heterocycles. The summed E-state index contributed by atoms with van der Waals surface area (Å²) in [5.41, 5.74) is -0.656. The van der Waals surface area contributed by atoms with E-state index in [1.54, 1.807) is 0 Å². The molecule has 0 aromatic carbocycles. The first kappa shape index (κ1) is 19.6. The van der Waals surface area contributed by atoms with Crippen LogP contribution in [0.2, 0.25) is 18.1 Å². The summed E-state index contributed by atoms with van der Waals surface area (Å²) in [4.78, 5) is 12.6.